The summed E-state index contributed by atoms with van der Waals surface area (Å²) in [6, 6.07) is 10.3. The lowest BCUT2D eigenvalue weighted by Gasteiger charge is -2.25. The van der Waals surface area contributed by atoms with Gasteiger partial charge in [-0.2, -0.15) is 4.31 Å². The van der Waals surface area contributed by atoms with Crippen LogP contribution >= 0.6 is 0 Å². The zero-order valence-electron chi connectivity index (χ0n) is 16.9. The maximum absolute atomic E-state index is 13.7. The summed E-state index contributed by atoms with van der Waals surface area (Å²) in [7, 11) is -3.77. The summed E-state index contributed by atoms with van der Waals surface area (Å²) in [6.07, 6.45) is 9.39. The molecule has 30 heavy (non-hydrogen) atoms. The van der Waals surface area contributed by atoms with E-state index in [9.17, 15) is 8.42 Å². The molecule has 1 unspecified atom stereocenters. The van der Waals surface area contributed by atoms with Crippen LogP contribution in [0.5, 0.6) is 0 Å². The molecule has 7 nitrogen and oxygen atoms in total. The summed E-state index contributed by atoms with van der Waals surface area (Å²) < 4.78 is 30.9. The third kappa shape index (κ3) is 3.18. The minimum Gasteiger partial charge on any atom is -0.384 e. The van der Waals surface area contributed by atoms with Crippen molar-refractivity contribution < 1.29 is 8.42 Å². The van der Waals surface area contributed by atoms with Gasteiger partial charge in [0, 0.05) is 31.5 Å². The highest BCUT2D eigenvalue weighted by Crippen LogP contribution is 2.40. The first-order valence-corrected chi connectivity index (χ1v) is 12.2. The van der Waals surface area contributed by atoms with Gasteiger partial charge in [-0.1, -0.05) is 49.6 Å². The number of hydrogen-bond donors (Lipinski definition) is 1. The zero-order chi connectivity index (χ0) is 20.7. The van der Waals surface area contributed by atoms with Crippen LogP contribution in [-0.4, -0.2) is 40.3 Å². The second kappa shape index (κ2) is 7.67. The number of hydrogen-bond acceptors (Lipinski definition) is 5. The van der Waals surface area contributed by atoms with Crippen LogP contribution in [0.2, 0.25) is 0 Å². The Bertz CT molecular complexity index is 1150. The number of fused-ring (bicyclic) bond motifs is 1. The minimum absolute atomic E-state index is 0.130. The van der Waals surface area contributed by atoms with Gasteiger partial charge in [0.1, 0.15) is 11.3 Å². The summed E-state index contributed by atoms with van der Waals surface area (Å²) >= 11 is 0. The monoisotopic (exact) mass is 425 g/mol. The summed E-state index contributed by atoms with van der Waals surface area (Å²) in [5.74, 6) is 0.478. The quantitative estimate of drug-likeness (QED) is 0.688. The van der Waals surface area contributed by atoms with Crippen LogP contribution in [0.15, 0.2) is 47.6 Å². The fourth-order valence-corrected chi connectivity index (χ4v) is 6.78. The highest BCUT2D eigenvalue weighted by atomic mass is 32.2. The van der Waals surface area contributed by atoms with Gasteiger partial charge < -0.3 is 10.3 Å². The van der Waals surface area contributed by atoms with Gasteiger partial charge in [0.2, 0.25) is 10.0 Å². The van der Waals surface area contributed by atoms with E-state index in [1.54, 1.807) is 16.7 Å². The molecule has 1 aliphatic carbocycles. The maximum Gasteiger partial charge on any atom is 0.249 e. The number of rotatable bonds is 4. The fourth-order valence-electron chi connectivity index (χ4n) is 5.05. The Balaban J connectivity index is 1.55. The van der Waals surface area contributed by atoms with Crippen LogP contribution in [0.4, 0.5) is 5.82 Å². The first-order valence-electron chi connectivity index (χ1n) is 10.7. The number of nitrogen functional groups attached to an aromatic ring is 1. The van der Waals surface area contributed by atoms with Crippen LogP contribution in [-0.2, 0) is 10.0 Å². The highest BCUT2D eigenvalue weighted by molar-refractivity contribution is 7.89. The molecule has 3 heterocycles. The number of nitrogens with zero attached hydrogens (tertiary/aromatic N) is 4. The number of aromatic nitrogens is 3. The standard InChI is InChI=1S/C22H27N5O2S/c23-21-20(19-22(25-13-12-24-19)27(21)18-9-5-2-6-10-18)30(28,29)26-14-11-17(15-26)16-7-3-1-4-8-16/h1,3-4,7-8,12-13,17-18H,2,5-6,9-11,14-15,23H2. The van der Waals surface area contributed by atoms with Crippen LogP contribution in [0.3, 0.4) is 0 Å². The lowest BCUT2D eigenvalue weighted by atomic mass is 9.95. The van der Waals surface area contributed by atoms with Crippen molar-refractivity contribution in [2.24, 2.45) is 0 Å². The van der Waals surface area contributed by atoms with Gasteiger partial charge in [-0.25, -0.2) is 18.4 Å². The molecule has 5 rings (SSSR count). The Morgan fingerprint density at radius 2 is 1.70 bits per heavy atom. The van der Waals surface area contributed by atoms with Crippen molar-refractivity contribution in [2.45, 2.75) is 55.4 Å². The first kappa shape index (κ1) is 19.5. The second-order valence-electron chi connectivity index (χ2n) is 8.36. The van der Waals surface area contributed by atoms with E-state index in [1.165, 1.54) is 12.0 Å². The average Bonchev–Trinajstić information content (AvgIpc) is 3.38. The molecule has 2 aromatic heterocycles. The zero-order valence-corrected chi connectivity index (χ0v) is 17.8. The van der Waals surface area contributed by atoms with Crippen molar-refractivity contribution >= 4 is 27.0 Å². The Morgan fingerprint density at radius 3 is 2.47 bits per heavy atom. The van der Waals surface area contributed by atoms with Crippen LogP contribution in [0.25, 0.3) is 11.2 Å². The molecule has 1 saturated carbocycles. The largest absolute Gasteiger partial charge is 0.384 e. The number of nitrogens with two attached hydrogens (primary N) is 1. The molecule has 3 aromatic rings. The van der Waals surface area contributed by atoms with Crippen LogP contribution < -0.4 is 5.73 Å². The van der Waals surface area contributed by atoms with Gasteiger partial charge in [0.15, 0.2) is 10.5 Å². The minimum atomic E-state index is -3.77. The lowest BCUT2D eigenvalue weighted by molar-refractivity contribution is 0.362. The van der Waals surface area contributed by atoms with Crippen molar-refractivity contribution in [1.82, 2.24) is 18.8 Å². The van der Waals surface area contributed by atoms with E-state index in [-0.39, 0.29) is 22.7 Å². The molecule has 1 saturated heterocycles. The van der Waals surface area contributed by atoms with Crippen molar-refractivity contribution in [3.05, 3.63) is 48.3 Å². The van der Waals surface area contributed by atoms with E-state index >= 15 is 0 Å². The average molecular weight is 426 g/mol. The number of anilines is 1. The first-order chi connectivity index (χ1) is 14.6. The van der Waals surface area contributed by atoms with Gasteiger partial charge in [-0.05, 0) is 30.7 Å². The van der Waals surface area contributed by atoms with Crippen molar-refractivity contribution in [3.63, 3.8) is 0 Å². The van der Waals surface area contributed by atoms with E-state index in [2.05, 4.69) is 22.1 Å². The predicted octanol–water partition coefficient (Wildman–Crippen LogP) is 3.70. The third-order valence-electron chi connectivity index (χ3n) is 6.57. The summed E-state index contributed by atoms with van der Waals surface area (Å²) in [5, 5.41) is 0. The SMILES string of the molecule is Nc1c(S(=O)(=O)N2CCC(c3ccccc3)C2)c2nccnc2n1C1CCCCC1. The van der Waals surface area contributed by atoms with Crippen molar-refractivity contribution in [3.8, 4) is 0 Å². The Hall–Kier alpha value is -2.45. The fraction of sp³-hybridized carbons (Fsp3) is 0.455. The van der Waals surface area contributed by atoms with E-state index < -0.39 is 10.0 Å². The van der Waals surface area contributed by atoms with Gasteiger partial charge in [0.25, 0.3) is 0 Å². The van der Waals surface area contributed by atoms with E-state index in [4.69, 9.17) is 5.73 Å². The van der Waals surface area contributed by atoms with Crippen LogP contribution in [0.1, 0.15) is 56.0 Å². The predicted molar refractivity (Wildman–Crippen MR) is 117 cm³/mol. The van der Waals surface area contributed by atoms with Gasteiger partial charge in [-0.3, -0.25) is 0 Å². The second-order valence-corrected chi connectivity index (χ2v) is 10.2. The van der Waals surface area contributed by atoms with Crippen molar-refractivity contribution in [2.75, 3.05) is 18.8 Å². The van der Waals surface area contributed by atoms with Crippen molar-refractivity contribution in [1.29, 1.82) is 0 Å². The maximum atomic E-state index is 13.7. The summed E-state index contributed by atoms with van der Waals surface area (Å²) in [4.78, 5) is 9.01. The van der Waals surface area contributed by atoms with E-state index in [0.29, 0.717) is 24.3 Å². The summed E-state index contributed by atoms with van der Waals surface area (Å²) in [5.41, 5.74) is 8.67. The molecular weight excluding hydrogens is 398 g/mol. The Kier molecular flexibility index (Phi) is 4.99. The lowest BCUT2D eigenvalue weighted by Crippen LogP contribution is -2.29. The van der Waals surface area contributed by atoms with E-state index in [0.717, 1.165) is 32.1 Å². The molecule has 2 aliphatic rings. The van der Waals surface area contributed by atoms with E-state index in [1.807, 2.05) is 22.8 Å². The molecule has 1 aromatic carbocycles. The molecule has 0 amide bonds. The Labute approximate surface area is 177 Å². The normalized spacial score (nSPS) is 21.4. The Morgan fingerprint density at radius 1 is 0.967 bits per heavy atom. The molecular formula is C22H27N5O2S. The summed E-state index contributed by atoms with van der Waals surface area (Å²) in [6.45, 7) is 0.944. The molecule has 0 spiro atoms. The molecule has 2 fully saturated rings. The molecule has 1 aliphatic heterocycles. The number of benzene rings is 1. The van der Waals surface area contributed by atoms with Gasteiger partial charge in [0.05, 0.1) is 0 Å². The molecule has 158 valence electrons. The van der Waals surface area contributed by atoms with Gasteiger partial charge >= 0.3 is 0 Å². The third-order valence-corrected chi connectivity index (χ3v) is 8.50. The topological polar surface area (TPSA) is 94.1 Å². The van der Waals surface area contributed by atoms with Crippen LogP contribution in [0, 0.1) is 0 Å². The molecule has 0 bridgehead atoms. The molecule has 2 N–H and O–H groups in total. The van der Waals surface area contributed by atoms with Gasteiger partial charge in [-0.15, -0.1) is 0 Å². The molecule has 8 heteroatoms. The number of sulfonamides is 1. The molecule has 0 radical (unpaired) electrons. The highest BCUT2D eigenvalue weighted by Gasteiger charge is 2.38. The molecule has 1 atom stereocenters. The smallest absolute Gasteiger partial charge is 0.249 e.